The maximum absolute atomic E-state index is 11.9. The molecule has 1 atom stereocenters. The second-order valence-corrected chi connectivity index (χ2v) is 7.78. The topological polar surface area (TPSA) is 80.8 Å². The molecule has 1 aromatic carbocycles. The summed E-state index contributed by atoms with van der Waals surface area (Å²) in [5, 5.41) is -0.789. The molecule has 0 aromatic heterocycles. The molecule has 1 aliphatic heterocycles. The molecule has 9 heteroatoms. The number of anilines is 1. The van der Waals surface area contributed by atoms with E-state index in [1.165, 1.54) is 30.2 Å². The smallest absolute Gasteiger partial charge is 0.339 e. The summed E-state index contributed by atoms with van der Waals surface area (Å²) >= 11 is 5.89. The summed E-state index contributed by atoms with van der Waals surface area (Å²) < 4.78 is 27.2. The van der Waals surface area contributed by atoms with Crippen LogP contribution in [0.25, 0.3) is 0 Å². The minimum atomic E-state index is -3.82. The van der Waals surface area contributed by atoms with E-state index in [1.807, 2.05) is 0 Å². The Kier molecular flexibility index (Phi) is 4.46. The predicted octanol–water partition coefficient (Wildman–Crippen LogP) is 1.80. The lowest BCUT2D eigenvalue weighted by Gasteiger charge is -2.17. The molecule has 1 unspecified atom stereocenters. The summed E-state index contributed by atoms with van der Waals surface area (Å²) in [5.74, 6) is -1.03. The van der Waals surface area contributed by atoms with Crippen molar-refractivity contribution in [3.05, 3.63) is 28.8 Å². The Hall–Kier alpha value is -1.31. The second-order valence-electron chi connectivity index (χ2n) is 4.46. The van der Waals surface area contributed by atoms with Gasteiger partial charge >= 0.3 is 5.97 Å². The molecule has 1 aromatic rings. The highest BCUT2D eigenvalue weighted by Gasteiger charge is 2.38. The van der Waals surface area contributed by atoms with Crippen LogP contribution in [-0.2, 0) is 18.6 Å². The van der Waals surface area contributed by atoms with Crippen molar-refractivity contribution >= 4 is 48.9 Å². The fourth-order valence-electron chi connectivity index (χ4n) is 2.06. The number of hydrogen-bond donors (Lipinski definition) is 0. The molecule has 2 rings (SSSR count). The summed E-state index contributed by atoms with van der Waals surface area (Å²) in [5.41, 5.74) is 0.467. The number of rotatable bonds is 3. The average Bonchev–Trinajstić information content (AvgIpc) is 2.80. The van der Waals surface area contributed by atoms with Crippen molar-refractivity contribution in [3.8, 4) is 0 Å². The molecule has 0 bridgehead atoms. The van der Waals surface area contributed by atoms with Crippen molar-refractivity contribution < 1.29 is 22.7 Å². The van der Waals surface area contributed by atoms with Gasteiger partial charge in [0.1, 0.15) is 5.25 Å². The standard InChI is InChI=1S/C12H11Cl2NO5S/c1-20-12(17)9-4-7(2-3-10(9)13)15-6-8(5-11(15)16)21(14,18)19/h2-4,8H,5-6H2,1H3. The number of benzene rings is 1. The number of nitrogens with zero attached hydrogens (tertiary/aromatic N) is 1. The van der Waals surface area contributed by atoms with Gasteiger partial charge in [0.05, 0.1) is 17.7 Å². The first-order valence-corrected chi connectivity index (χ1v) is 8.60. The van der Waals surface area contributed by atoms with Crippen LogP contribution in [-0.4, -0.2) is 39.2 Å². The molecule has 1 fully saturated rings. The first-order valence-electron chi connectivity index (χ1n) is 5.85. The third kappa shape index (κ3) is 3.30. The zero-order valence-corrected chi connectivity index (χ0v) is 13.2. The Bertz CT molecular complexity index is 704. The van der Waals surface area contributed by atoms with Gasteiger partial charge in [-0.05, 0) is 18.2 Å². The number of carbonyl (C=O) groups excluding carboxylic acids is 2. The van der Waals surface area contributed by atoms with Crippen LogP contribution in [0.5, 0.6) is 0 Å². The highest BCUT2D eigenvalue weighted by Crippen LogP contribution is 2.29. The van der Waals surface area contributed by atoms with Crippen LogP contribution in [0.3, 0.4) is 0 Å². The predicted molar refractivity (Wildman–Crippen MR) is 78.3 cm³/mol. The Morgan fingerprint density at radius 1 is 1.43 bits per heavy atom. The Balaban J connectivity index is 2.35. The van der Waals surface area contributed by atoms with Gasteiger partial charge in [-0.1, -0.05) is 11.6 Å². The molecule has 1 aliphatic rings. The molecule has 0 N–H and O–H groups in total. The van der Waals surface area contributed by atoms with E-state index in [0.717, 1.165) is 0 Å². The second kappa shape index (κ2) is 5.82. The molecule has 1 amide bonds. The Labute approximate surface area is 131 Å². The van der Waals surface area contributed by atoms with Crippen LogP contribution in [0, 0.1) is 0 Å². The SMILES string of the molecule is COC(=O)c1cc(N2CC(S(=O)(=O)Cl)CC2=O)ccc1Cl. The minimum Gasteiger partial charge on any atom is -0.465 e. The van der Waals surface area contributed by atoms with Gasteiger partial charge in [0.2, 0.25) is 15.0 Å². The third-order valence-electron chi connectivity index (χ3n) is 3.15. The largest absolute Gasteiger partial charge is 0.465 e. The molecular formula is C12H11Cl2NO5S. The number of hydrogen-bond acceptors (Lipinski definition) is 5. The average molecular weight is 352 g/mol. The first-order chi connectivity index (χ1) is 9.74. The number of halogens is 2. The van der Waals surface area contributed by atoms with Gasteiger partial charge in [-0.15, -0.1) is 0 Å². The van der Waals surface area contributed by atoms with Gasteiger partial charge in [-0.25, -0.2) is 13.2 Å². The van der Waals surface area contributed by atoms with Gasteiger partial charge in [0.25, 0.3) is 0 Å². The normalized spacial score (nSPS) is 18.9. The summed E-state index contributed by atoms with van der Waals surface area (Å²) in [6, 6.07) is 4.35. The van der Waals surface area contributed by atoms with Gasteiger partial charge < -0.3 is 9.64 Å². The first kappa shape index (κ1) is 16.1. The summed E-state index contributed by atoms with van der Waals surface area (Å²) in [6.45, 7) is -0.0626. The quantitative estimate of drug-likeness (QED) is 0.612. The van der Waals surface area contributed by atoms with Crippen LogP contribution in [0.2, 0.25) is 5.02 Å². The van der Waals surface area contributed by atoms with E-state index in [0.29, 0.717) is 5.69 Å². The molecular weight excluding hydrogens is 341 g/mol. The maximum Gasteiger partial charge on any atom is 0.339 e. The van der Waals surface area contributed by atoms with Crippen molar-refractivity contribution in [2.24, 2.45) is 0 Å². The molecule has 0 spiro atoms. The van der Waals surface area contributed by atoms with Crippen molar-refractivity contribution in [3.63, 3.8) is 0 Å². The van der Waals surface area contributed by atoms with Crippen molar-refractivity contribution in [2.45, 2.75) is 11.7 Å². The van der Waals surface area contributed by atoms with E-state index < -0.39 is 20.3 Å². The summed E-state index contributed by atoms with van der Waals surface area (Å²) in [4.78, 5) is 24.8. The fourth-order valence-corrected chi connectivity index (χ4v) is 3.28. The van der Waals surface area contributed by atoms with E-state index >= 15 is 0 Å². The van der Waals surface area contributed by atoms with E-state index in [4.69, 9.17) is 22.3 Å². The lowest BCUT2D eigenvalue weighted by atomic mass is 10.2. The van der Waals surface area contributed by atoms with Crippen molar-refractivity contribution in [1.29, 1.82) is 0 Å². The van der Waals surface area contributed by atoms with Crippen molar-refractivity contribution in [1.82, 2.24) is 0 Å². The Morgan fingerprint density at radius 2 is 2.10 bits per heavy atom. The number of esters is 1. The minimum absolute atomic E-state index is 0.0626. The van der Waals surface area contributed by atoms with Gasteiger partial charge in [0.15, 0.2) is 0 Å². The van der Waals surface area contributed by atoms with Crippen LogP contribution >= 0.6 is 22.3 Å². The third-order valence-corrected chi connectivity index (χ3v) is 5.35. The number of ether oxygens (including phenoxy) is 1. The van der Waals surface area contributed by atoms with Crippen LogP contribution in [0.15, 0.2) is 18.2 Å². The van der Waals surface area contributed by atoms with E-state index in [9.17, 15) is 18.0 Å². The zero-order valence-electron chi connectivity index (χ0n) is 10.9. The Morgan fingerprint density at radius 3 is 2.62 bits per heavy atom. The monoisotopic (exact) mass is 351 g/mol. The molecule has 6 nitrogen and oxygen atoms in total. The molecule has 0 aliphatic carbocycles. The van der Waals surface area contributed by atoms with Crippen LogP contribution in [0.4, 0.5) is 5.69 Å². The van der Waals surface area contributed by atoms with Gasteiger partial charge in [-0.2, -0.15) is 0 Å². The number of methoxy groups -OCH3 is 1. The highest BCUT2D eigenvalue weighted by molar-refractivity contribution is 8.14. The zero-order chi connectivity index (χ0) is 15.8. The fraction of sp³-hybridized carbons (Fsp3) is 0.333. The highest BCUT2D eigenvalue weighted by atomic mass is 35.7. The summed E-state index contributed by atoms with van der Waals surface area (Å²) in [6.07, 6.45) is -0.192. The lowest BCUT2D eigenvalue weighted by Crippen LogP contribution is -2.27. The lowest BCUT2D eigenvalue weighted by molar-refractivity contribution is -0.117. The van der Waals surface area contributed by atoms with Crippen LogP contribution < -0.4 is 4.90 Å². The molecule has 114 valence electrons. The molecule has 1 heterocycles. The van der Waals surface area contributed by atoms with E-state index in [1.54, 1.807) is 0 Å². The summed E-state index contributed by atoms with van der Waals surface area (Å²) in [7, 11) is 2.67. The van der Waals surface area contributed by atoms with Gasteiger partial charge in [0, 0.05) is 29.3 Å². The van der Waals surface area contributed by atoms with Gasteiger partial charge in [-0.3, -0.25) is 4.79 Å². The number of carbonyl (C=O) groups is 2. The van der Waals surface area contributed by atoms with Crippen molar-refractivity contribution in [2.75, 3.05) is 18.6 Å². The van der Waals surface area contributed by atoms with Crippen LogP contribution in [0.1, 0.15) is 16.8 Å². The number of amides is 1. The van der Waals surface area contributed by atoms with E-state index in [2.05, 4.69) is 4.74 Å². The molecule has 0 radical (unpaired) electrons. The molecule has 21 heavy (non-hydrogen) atoms. The maximum atomic E-state index is 11.9. The molecule has 0 saturated carbocycles. The molecule has 1 saturated heterocycles. The van der Waals surface area contributed by atoms with E-state index in [-0.39, 0.29) is 29.5 Å².